The van der Waals surface area contributed by atoms with Crippen molar-refractivity contribution in [2.75, 3.05) is 7.11 Å². The minimum Gasteiger partial charge on any atom is -0.495 e. The van der Waals surface area contributed by atoms with Crippen LogP contribution in [0.15, 0.2) is 18.3 Å². The van der Waals surface area contributed by atoms with Crippen molar-refractivity contribution in [2.24, 2.45) is 5.73 Å². The van der Waals surface area contributed by atoms with Crippen LogP contribution in [0.25, 0.3) is 0 Å². The van der Waals surface area contributed by atoms with Crippen molar-refractivity contribution in [1.82, 2.24) is 4.98 Å². The first-order valence-corrected chi connectivity index (χ1v) is 4.52. The maximum atomic E-state index is 12.5. The molecule has 0 aromatic carbocycles. The molecule has 5 heteroatoms. The Morgan fingerprint density at radius 3 is 2.80 bits per heavy atom. The molecule has 3 nitrogen and oxygen atoms in total. The van der Waals surface area contributed by atoms with Gasteiger partial charge in [-0.1, -0.05) is 0 Å². The van der Waals surface area contributed by atoms with Crippen molar-refractivity contribution in [3.63, 3.8) is 0 Å². The van der Waals surface area contributed by atoms with Crippen LogP contribution in [0.3, 0.4) is 0 Å². The molecule has 0 fully saturated rings. The van der Waals surface area contributed by atoms with Gasteiger partial charge in [-0.3, -0.25) is 4.98 Å². The summed E-state index contributed by atoms with van der Waals surface area (Å²) in [5, 5.41) is 0. The van der Waals surface area contributed by atoms with Gasteiger partial charge in [0.15, 0.2) is 0 Å². The van der Waals surface area contributed by atoms with Crippen LogP contribution < -0.4 is 10.5 Å². The molecule has 1 unspecified atom stereocenters. The zero-order chi connectivity index (χ0) is 11.5. The zero-order valence-corrected chi connectivity index (χ0v) is 8.71. The molecule has 2 N–H and O–H groups in total. The minimum atomic E-state index is -2.59. The molecule has 1 heterocycles. The van der Waals surface area contributed by atoms with E-state index in [0.717, 1.165) is 0 Å². The van der Waals surface area contributed by atoms with Gasteiger partial charge in [-0.15, -0.1) is 0 Å². The van der Waals surface area contributed by atoms with Crippen molar-refractivity contribution >= 4 is 0 Å². The van der Waals surface area contributed by atoms with Crippen LogP contribution in [0.2, 0.25) is 0 Å². The fourth-order valence-electron chi connectivity index (χ4n) is 1.18. The Kier molecular flexibility index (Phi) is 3.57. The quantitative estimate of drug-likeness (QED) is 0.831. The maximum absolute atomic E-state index is 12.5. The van der Waals surface area contributed by atoms with E-state index < -0.39 is 12.0 Å². The largest absolute Gasteiger partial charge is 0.495 e. The molecule has 1 aromatic rings. The van der Waals surface area contributed by atoms with Gasteiger partial charge in [0.05, 0.1) is 18.3 Å². The van der Waals surface area contributed by atoms with Crippen LogP contribution in [0.4, 0.5) is 8.78 Å². The maximum Gasteiger partial charge on any atom is 0.256 e. The Hall–Kier alpha value is -1.23. The summed E-state index contributed by atoms with van der Waals surface area (Å²) in [4.78, 5) is 3.98. The normalized spacial score (nSPS) is 15.1. The van der Waals surface area contributed by atoms with Gasteiger partial charge in [0.1, 0.15) is 5.75 Å². The zero-order valence-electron chi connectivity index (χ0n) is 8.71. The Labute approximate surface area is 87.3 Å². The van der Waals surface area contributed by atoms with Crippen LogP contribution >= 0.6 is 0 Å². The van der Waals surface area contributed by atoms with Gasteiger partial charge in [-0.05, 0) is 19.1 Å². The monoisotopic (exact) mass is 216 g/mol. The Balaban J connectivity index is 2.89. The molecule has 0 spiro atoms. The summed E-state index contributed by atoms with van der Waals surface area (Å²) < 4.78 is 30.1. The number of pyridine rings is 1. The second kappa shape index (κ2) is 4.53. The van der Waals surface area contributed by atoms with E-state index in [-0.39, 0.29) is 6.42 Å². The Morgan fingerprint density at radius 2 is 2.27 bits per heavy atom. The third-order valence-electron chi connectivity index (χ3n) is 2.12. The third-order valence-corrected chi connectivity index (χ3v) is 2.12. The second-order valence-corrected chi connectivity index (χ2v) is 3.64. The summed E-state index contributed by atoms with van der Waals surface area (Å²) in [6.45, 7) is 1.30. The standard InChI is InChI=1S/C10H14F2N2O/c1-10(13,9(11)12)6-7-8(15-2)4-3-5-14-7/h3-5,9H,6,13H2,1-2H3. The average Bonchev–Trinajstić information content (AvgIpc) is 2.18. The van der Waals surface area contributed by atoms with Crippen molar-refractivity contribution in [3.8, 4) is 5.75 Å². The molecule has 1 rings (SSSR count). The topological polar surface area (TPSA) is 48.1 Å². The van der Waals surface area contributed by atoms with Crippen LogP contribution in [0, 0.1) is 0 Å². The van der Waals surface area contributed by atoms with Crippen molar-refractivity contribution in [1.29, 1.82) is 0 Å². The fourth-order valence-corrected chi connectivity index (χ4v) is 1.18. The summed E-state index contributed by atoms with van der Waals surface area (Å²) in [5.41, 5.74) is 4.34. The lowest BCUT2D eigenvalue weighted by molar-refractivity contribution is 0.0630. The van der Waals surface area contributed by atoms with Crippen molar-refractivity contribution in [3.05, 3.63) is 24.0 Å². The number of methoxy groups -OCH3 is 1. The van der Waals surface area contributed by atoms with Gasteiger partial charge < -0.3 is 10.5 Å². The van der Waals surface area contributed by atoms with Gasteiger partial charge in [-0.25, -0.2) is 8.78 Å². The molecule has 1 atom stereocenters. The average molecular weight is 216 g/mol. The minimum absolute atomic E-state index is 0.0192. The number of nitrogens with zero attached hydrogens (tertiary/aromatic N) is 1. The van der Waals surface area contributed by atoms with E-state index in [2.05, 4.69) is 4.98 Å². The van der Waals surface area contributed by atoms with Crippen LogP contribution in [0.5, 0.6) is 5.75 Å². The smallest absolute Gasteiger partial charge is 0.256 e. The molecule has 0 amide bonds. The SMILES string of the molecule is COc1cccnc1CC(C)(N)C(F)F. The molecule has 0 aliphatic heterocycles. The van der Waals surface area contributed by atoms with E-state index >= 15 is 0 Å². The number of halogens is 2. The highest BCUT2D eigenvalue weighted by Gasteiger charge is 2.31. The highest BCUT2D eigenvalue weighted by molar-refractivity contribution is 5.28. The summed E-state index contributed by atoms with van der Waals surface area (Å²) in [5.74, 6) is 0.481. The van der Waals surface area contributed by atoms with E-state index in [1.54, 1.807) is 12.1 Å². The highest BCUT2D eigenvalue weighted by atomic mass is 19.3. The third kappa shape index (κ3) is 2.86. The molecule has 0 aliphatic carbocycles. The molecule has 0 saturated carbocycles. The lowest BCUT2D eigenvalue weighted by Gasteiger charge is -2.23. The fraction of sp³-hybridized carbons (Fsp3) is 0.500. The van der Waals surface area contributed by atoms with Gasteiger partial charge >= 0.3 is 0 Å². The molecule has 0 saturated heterocycles. The van der Waals surface area contributed by atoms with E-state index in [9.17, 15) is 8.78 Å². The molecule has 0 aliphatic rings. The number of hydrogen-bond donors (Lipinski definition) is 1. The van der Waals surface area contributed by atoms with E-state index in [1.165, 1.54) is 20.2 Å². The summed E-state index contributed by atoms with van der Waals surface area (Å²) >= 11 is 0. The molecule has 0 radical (unpaired) electrons. The van der Waals surface area contributed by atoms with Crippen LogP contribution in [-0.2, 0) is 6.42 Å². The molecule has 84 valence electrons. The number of ether oxygens (including phenoxy) is 1. The number of nitrogens with two attached hydrogens (primary N) is 1. The first kappa shape index (κ1) is 11.8. The lowest BCUT2D eigenvalue weighted by Crippen LogP contribution is -2.46. The molecular formula is C10H14F2N2O. The predicted molar refractivity (Wildman–Crippen MR) is 53.1 cm³/mol. The number of aromatic nitrogens is 1. The van der Waals surface area contributed by atoms with Gasteiger partial charge in [-0.2, -0.15) is 0 Å². The van der Waals surface area contributed by atoms with Crippen LogP contribution in [-0.4, -0.2) is 24.1 Å². The van der Waals surface area contributed by atoms with Gasteiger partial charge in [0.2, 0.25) is 0 Å². The number of rotatable bonds is 4. The molecule has 0 bridgehead atoms. The van der Waals surface area contributed by atoms with E-state index in [1.807, 2.05) is 0 Å². The lowest BCUT2D eigenvalue weighted by atomic mass is 9.97. The van der Waals surface area contributed by atoms with Crippen molar-refractivity contribution < 1.29 is 13.5 Å². The van der Waals surface area contributed by atoms with E-state index in [0.29, 0.717) is 11.4 Å². The second-order valence-electron chi connectivity index (χ2n) is 3.64. The summed E-state index contributed by atoms with van der Waals surface area (Å²) in [7, 11) is 1.47. The number of alkyl halides is 2. The van der Waals surface area contributed by atoms with Crippen molar-refractivity contribution in [2.45, 2.75) is 25.3 Å². The first-order chi connectivity index (χ1) is 6.97. The molecule has 15 heavy (non-hydrogen) atoms. The summed E-state index contributed by atoms with van der Waals surface area (Å²) in [6, 6.07) is 3.35. The summed E-state index contributed by atoms with van der Waals surface area (Å²) in [6.07, 6.45) is -1.09. The number of hydrogen-bond acceptors (Lipinski definition) is 3. The van der Waals surface area contributed by atoms with Gasteiger partial charge in [0, 0.05) is 12.6 Å². The van der Waals surface area contributed by atoms with Crippen LogP contribution in [0.1, 0.15) is 12.6 Å². The Bertz CT molecular complexity index is 329. The molecular weight excluding hydrogens is 202 g/mol. The first-order valence-electron chi connectivity index (χ1n) is 4.52. The highest BCUT2D eigenvalue weighted by Crippen LogP contribution is 2.22. The molecule has 1 aromatic heterocycles. The van der Waals surface area contributed by atoms with Gasteiger partial charge in [0.25, 0.3) is 6.43 Å². The van der Waals surface area contributed by atoms with E-state index in [4.69, 9.17) is 10.5 Å². The Morgan fingerprint density at radius 1 is 1.60 bits per heavy atom. The predicted octanol–water partition coefficient (Wildman–Crippen LogP) is 1.62.